The van der Waals surface area contributed by atoms with Crippen LogP contribution in [-0.4, -0.2) is 8.42 Å². The Labute approximate surface area is 107 Å². The lowest BCUT2D eigenvalue weighted by Gasteiger charge is -2.08. The van der Waals surface area contributed by atoms with Crippen molar-refractivity contribution in [2.75, 3.05) is 4.72 Å². The van der Waals surface area contributed by atoms with E-state index in [0.29, 0.717) is 0 Å². The van der Waals surface area contributed by atoms with Crippen molar-refractivity contribution >= 4 is 15.7 Å². The van der Waals surface area contributed by atoms with Crippen molar-refractivity contribution in [2.45, 2.75) is 4.90 Å². The molecule has 0 spiro atoms. The zero-order valence-corrected chi connectivity index (χ0v) is 10.2. The van der Waals surface area contributed by atoms with Gasteiger partial charge in [-0.3, -0.25) is 4.72 Å². The van der Waals surface area contributed by atoms with Crippen molar-refractivity contribution < 1.29 is 21.6 Å². The Balaban J connectivity index is 2.36. The molecule has 1 N–H and O–H groups in total. The molecular weight excluding hydrogens is 279 g/mol. The fourth-order valence-electron chi connectivity index (χ4n) is 1.39. The first-order chi connectivity index (χ1) is 8.88. The van der Waals surface area contributed by atoms with Gasteiger partial charge in [0.25, 0.3) is 10.0 Å². The number of nitrogens with one attached hydrogen (secondary N) is 1. The summed E-state index contributed by atoms with van der Waals surface area (Å²) in [5.74, 6) is -2.29. The first-order valence-corrected chi connectivity index (χ1v) is 6.60. The third kappa shape index (κ3) is 3.05. The van der Waals surface area contributed by atoms with Crippen LogP contribution >= 0.6 is 0 Å². The van der Waals surface area contributed by atoms with Crippen molar-refractivity contribution in [3.8, 4) is 0 Å². The third-order valence-corrected chi connectivity index (χ3v) is 3.68. The minimum absolute atomic E-state index is 0.252. The van der Waals surface area contributed by atoms with Gasteiger partial charge in [0.05, 0.1) is 10.6 Å². The van der Waals surface area contributed by atoms with E-state index >= 15 is 0 Å². The molecule has 0 saturated heterocycles. The average molecular weight is 287 g/mol. The van der Waals surface area contributed by atoms with Gasteiger partial charge in [0.2, 0.25) is 0 Å². The zero-order valence-electron chi connectivity index (χ0n) is 9.40. The second kappa shape index (κ2) is 4.93. The number of anilines is 1. The number of rotatable bonds is 3. The number of hydrogen-bond donors (Lipinski definition) is 1. The highest BCUT2D eigenvalue weighted by Crippen LogP contribution is 2.20. The van der Waals surface area contributed by atoms with E-state index in [1.807, 2.05) is 4.72 Å². The second-order valence-corrected chi connectivity index (χ2v) is 5.37. The van der Waals surface area contributed by atoms with Gasteiger partial charge in [-0.05, 0) is 36.4 Å². The quantitative estimate of drug-likeness (QED) is 0.943. The maximum Gasteiger partial charge on any atom is 0.261 e. The van der Waals surface area contributed by atoms with Crippen LogP contribution < -0.4 is 4.72 Å². The van der Waals surface area contributed by atoms with E-state index in [2.05, 4.69) is 0 Å². The summed E-state index contributed by atoms with van der Waals surface area (Å²) in [6.07, 6.45) is 0. The predicted octanol–water partition coefficient (Wildman–Crippen LogP) is 2.90. The Hall–Kier alpha value is -2.02. The lowest BCUT2D eigenvalue weighted by molar-refractivity contribution is 0.593. The standard InChI is InChI=1S/C12H8F3NO2S/c13-8-1-4-10(5-2-8)19(17,18)16-12-7-9(14)3-6-11(12)15/h1-7,16H. The molecule has 0 fully saturated rings. The van der Waals surface area contributed by atoms with Crippen LogP contribution in [-0.2, 0) is 10.0 Å². The monoisotopic (exact) mass is 287 g/mol. The summed E-state index contributed by atoms with van der Waals surface area (Å²) in [6.45, 7) is 0. The number of hydrogen-bond acceptors (Lipinski definition) is 2. The second-order valence-electron chi connectivity index (χ2n) is 3.68. The highest BCUT2D eigenvalue weighted by atomic mass is 32.2. The number of benzene rings is 2. The van der Waals surface area contributed by atoms with Gasteiger partial charge in [0, 0.05) is 6.07 Å². The molecule has 0 radical (unpaired) electrons. The van der Waals surface area contributed by atoms with E-state index in [-0.39, 0.29) is 4.90 Å². The molecule has 0 aliphatic heterocycles. The van der Waals surface area contributed by atoms with Crippen molar-refractivity contribution in [1.82, 2.24) is 0 Å². The minimum Gasteiger partial charge on any atom is -0.277 e. The molecule has 2 aromatic carbocycles. The van der Waals surface area contributed by atoms with E-state index in [4.69, 9.17) is 0 Å². The topological polar surface area (TPSA) is 46.2 Å². The van der Waals surface area contributed by atoms with Crippen LogP contribution in [0.5, 0.6) is 0 Å². The summed E-state index contributed by atoms with van der Waals surface area (Å²) in [7, 11) is -4.09. The molecule has 0 aliphatic carbocycles. The summed E-state index contributed by atoms with van der Waals surface area (Å²) in [4.78, 5) is -0.252. The molecule has 7 heteroatoms. The molecule has 0 aliphatic rings. The van der Waals surface area contributed by atoms with Crippen LogP contribution in [0.15, 0.2) is 47.4 Å². The summed E-state index contributed by atoms with van der Waals surface area (Å²) in [5.41, 5.74) is -0.510. The van der Waals surface area contributed by atoms with Gasteiger partial charge in [-0.1, -0.05) is 0 Å². The molecule has 0 bridgehead atoms. The minimum atomic E-state index is -4.09. The van der Waals surface area contributed by atoms with Gasteiger partial charge in [-0.25, -0.2) is 21.6 Å². The summed E-state index contributed by atoms with van der Waals surface area (Å²) in [5, 5.41) is 0. The lowest BCUT2D eigenvalue weighted by atomic mass is 10.3. The van der Waals surface area contributed by atoms with Gasteiger partial charge >= 0.3 is 0 Å². The fourth-order valence-corrected chi connectivity index (χ4v) is 2.45. The molecule has 100 valence electrons. The van der Waals surface area contributed by atoms with E-state index in [9.17, 15) is 21.6 Å². The number of sulfonamides is 1. The normalized spacial score (nSPS) is 11.3. The smallest absolute Gasteiger partial charge is 0.261 e. The highest BCUT2D eigenvalue weighted by Gasteiger charge is 2.16. The SMILES string of the molecule is O=S(=O)(Nc1cc(F)ccc1F)c1ccc(F)cc1. The van der Waals surface area contributed by atoms with Gasteiger partial charge < -0.3 is 0 Å². The Kier molecular flexibility index (Phi) is 3.48. The van der Waals surface area contributed by atoms with Crippen molar-refractivity contribution in [3.63, 3.8) is 0 Å². The van der Waals surface area contributed by atoms with Gasteiger partial charge in [0.15, 0.2) is 0 Å². The van der Waals surface area contributed by atoms with Gasteiger partial charge in [-0.15, -0.1) is 0 Å². The first kappa shape index (κ1) is 13.4. The van der Waals surface area contributed by atoms with Crippen LogP contribution in [0.2, 0.25) is 0 Å². The van der Waals surface area contributed by atoms with Crippen LogP contribution in [0.1, 0.15) is 0 Å². The summed E-state index contributed by atoms with van der Waals surface area (Å²) in [6, 6.07) is 6.34. The van der Waals surface area contributed by atoms with E-state index in [1.54, 1.807) is 0 Å². The number of halogens is 3. The van der Waals surface area contributed by atoms with Crippen molar-refractivity contribution in [2.24, 2.45) is 0 Å². The van der Waals surface area contributed by atoms with Crippen LogP contribution in [0.25, 0.3) is 0 Å². The molecule has 3 nitrogen and oxygen atoms in total. The fraction of sp³-hybridized carbons (Fsp3) is 0. The Bertz CT molecular complexity index is 699. The Morgan fingerprint density at radius 1 is 0.842 bits per heavy atom. The van der Waals surface area contributed by atoms with E-state index < -0.39 is 33.2 Å². The highest BCUT2D eigenvalue weighted by molar-refractivity contribution is 7.92. The third-order valence-electron chi connectivity index (χ3n) is 2.30. The van der Waals surface area contributed by atoms with Crippen molar-refractivity contribution in [3.05, 3.63) is 59.9 Å². The maximum atomic E-state index is 13.3. The maximum absolute atomic E-state index is 13.3. The molecule has 0 unspecified atom stereocenters. The van der Waals surface area contributed by atoms with Crippen LogP contribution in [0.3, 0.4) is 0 Å². The molecule has 0 aromatic heterocycles. The molecule has 0 heterocycles. The summed E-state index contributed by atoms with van der Waals surface area (Å²) < 4.78 is 64.6. The summed E-state index contributed by atoms with van der Waals surface area (Å²) >= 11 is 0. The average Bonchev–Trinajstić information content (AvgIpc) is 2.34. The largest absolute Gasteiger partial charge is 0.277 e. The molecule has 19 heavy (non-hydrogen) atoms. The first-order valence-electron chi connectivity index (χ1n) is 5.12. The Morgan fingerprint density at radius 2 is 1.42 bits per heavy atom. The zero-order chi connectivity index (χ0) is 14.0. The van der Waals surface area contributed by atoms with Gasteiger partial charge in [-0.2, -0.15) is 0 Å². The molecular formula is C12H8F3NO2S. The van der Waals surface area contributed by atoms with Gasteiger partial charge in [0.1, 0.15) is 17.5 Å². The predicted molar refractivity (Wildman–Crippen MR) is 63.6 cm³/mol. The molecule has 0 amide bonds. The van der Waals surface area contributed by atoms with Crippen molar-refractivity contribution in [1.29, 1.82) is 0 Å². The molecule has 2 aromatic rings. The van der Waals surface area contributed by atoms with E-state index in [1.165, 1.54) is 0 Å². The molecule has 0 saturated carbocycles. The Morgan fingerprint density at radius 3 is 2.05 bits per heavy atom. The molecule has 2 rings (SSSR count). The van der Waals surface area contributed by atoms with Crippen LogP contribution in [0, 0.1) is 17.5 Å². The molecule has 0 atom stereocenters. The van der Waals surface area contributed by atoms with Crippen LogP contribution in [0.4, 0.5) is 18.9 Å². The lowest BCUT2D eigenvalue weighted by Crippen LogP contribution is -2.14. The van der Waals surface area contributed by atoms with E-state index in [0.717, 1.165) is 42.5 Å².